The highest BCUT2D eigenvalue weighted by Gasteiger charge is 2.36. The third-order valence-electron chi connectivity index (χ3n) is 6.40. The first-order valence-corrected chi connectivity index (χ1v) is 11.4. The summed E-state index contributed by atoms with van der Waals surface area (Å²) < 4.78 is 11.0. The predicted molar refractivity (Wildman–Crippen MR) is 131 cm³/mol. The van der Waals surface area contributed by atoms with E-state index < -0.39 is 0 Å². The Labute approximate surface area is 194 Å². The number of methoxy groups -OCH3 is 1. The molecule has 0 spiro atoms. The van der Waals surface area contributed by atoms with Crippen LogP contribution in [0.3, 0.4) is 0 Å². The van der Waals surface area contributed by atoms with Crippen molar-refractivity contribution in [3.63, 3.8) is 0 Å². The molecule has 3 aromatic rings. The van der Waals surface area contributed by atoms with E-state index in [2.05, 4.69) is 28.8 Å². The molecule has 0 radical (unpaired) electrons. The third-order valence-corrected chi connectivity index (χ3v) is 6.40. The van der Waals surface area contributed by atoms with Gasteiger partial charge in [-0.15, -0.1) is 0 Å². The minimum Gasteiger partial charge on any atom is -0.497 e. The van der Waals surface area contributed by atoms with E-state index in [4.69, 9.17) is 9.47 Å². The van der Waals surface area contributed by atoms with Crippen LogP contribution >= 0.6 is 0 Å². The molecule has 0 amide bonds. The molecular formula is C28H28N2O3. The minimum absolute atomic E-state index is 0.121. The number of carbonyl (C=O) groups excluding carboxylic acids is 1. The molecule has 1 heterocycles. The van der Waals surface area contributed by atoms with Gasteiger partial charge in [-0.2, -0.15) is 0 Å². The SMILES string of the molecule is CCOc1cccc([C@H]2Nc3ccccc3NC3=C2C(=O)C[C@@H](c2ccc(OC)cc2)C3)c1. The van der Waals surface area contributed by atoms with Crippen molar-refractivity contribution in [2.75, 3.05) is 24.4 Å². The highest BCUT2D eigenvalue weighted by atomic mass is 16.5. The van der Waals surface area contributed by atoms with Crippen LogP contribution in [-0.4, -0.2) is 19.5 Å². The van der Waals surface area contributed by atoms with E-state index in [0.717, 1.165) is 51.7 Å². The van der Waals surface area contributed by atoms with Gasteiger partial charge in [0.15, 0.2) is 5.78 Å². The Morgan fingerprint density at radius 2 is 1.67 bits per heavy atom. The Morgan fingerprint density at radius 3 is 2.42 bits per heavy atom. The van der Waals surface area contributed by atoms with Crippen LogP contribution in [0, 0.1) is 0 Å². The van der Waals surface area contributed by atoms with Crippen LogP contribution in [0.1, 0.15) is 42.9 Å². The second kappa shape index (κ2) is 9.02. The van der Waals surface area contributed by atoms with Crippen LogP contribution in [0.2, 0.25) is 0 Å². The van der Waals surface area contributed by atoms with E-state index in [-0.39, 0.29) is 17.7 Å². The van der Waals surface area contributed by atoms with Gasteiger partial charge in [0.1, 0.15) is 11.5 Å². The fourth-order valence-electron chi connectivity index (χ4n) is 4.80. The topological polar surface area (TPSA) is 59.6 Å². The van der Waals surface area contributed by atoms with Crippen molar-refractivity contribution >= 4 is 17.2 Å². The zero-order valence-electron chi connectivity index (χ0n) is 18.9. The first kappa shape index (κ1) is 21.1. The maximum Gasteiger partial charge on any atom is 0.163 e. The maximum absolute atomic E-state index is 13.6. The van der Waals surface area contributed by atoms with E-state index >= 15 is 0 Å². The standard InChI is InChI=1S/C28H28N2O3/c1-3-33-22-8-6-7-19(15-22)28-27-25(29-23-9-4-5-10-24(23)30-28)16-20(17-26(27)31)18-11-13-21(32-2)14-12-18/h4-15,20,28-30H,3,16-17H2,1-2H3/t20-,28+/m0/s1. The molecule has 5 heteroatoms. The van der Waals surface area contributed by atoms with Crippen molar-refractivity contribution in [1.82, 2.24) is 0 Å². The molecule has 5 rings (SSSR count). The zero-order chi connectivity index (χ0) is 22.8. The highest BCUT2D eigenvalue weighted by molar-refractivity contribution is 6.01. The van der Waals surface area contributed by atoms with Gasteiger partial charge in [-0.25, -0.2) is 0 Å². The summed E-state index contributed by atoms with van der Waals surface area (Å²) in [6.07, 6.45) is 1.25. The van der Waals surface area contributed by atoms with Crippen molar-refractivity contribution in [1.29, 1.82) is 0 Å². The monoisotopic (exact) mass is 440 g/mol. The lowest BCUT2D eigenvalue weighted by molar-refractivity contribution is -0.116. The molecule has 33 heavy (non-hydrogen) atoms. The molecule has 168 valence electrons. The van der Waals surface area contributed by atoms with Gasteiger partial charge >= 0.3 is 0 Å². The minimum atomic E-state index is -0.249. The molecule has 1 aliphatic carbocycles. The number of ether oxygens (including phenoxy) is 2. The van der Waals surface area contributed by atoms with Crippen molar-refractivity contribution in [3.8, 4) is 11.5 Å². The molecule has 2 aliphatic rings. The van der Waals surface area contributed by atoms with Crippen LogP contribution in [0.4, 0.5) is 11.4 Å². The number of hydrogen-bond donors (Lipinski definition) is 2. The number of hydrogen-bond acceptors (Lipinski definition) is 5. The molecular weight excluding hydrogens is 412 g/mol. The second-order valence-electron chi connectivity index (χ2n) is 8.45. The summed E-state index contributed by atoms with van der Waals surface area (Å²) >= 11 is 0. The Hall–Kier alpha value is -3.73. The lowest BCUT2D eigenvalue weighted by Gasteiger charge is -2.30. The van der Waals surface area contributed by atoms with Crippen LogP contribution in [-0.2, 0) is 4.79 Å². The summed E-state index contributed by atoms with van der Waals surface area (Å²) in [5, 5.41) is 7.23. The van der Waals surface area contributed by atoms with E-state index in [0.29, 0.717) is 13.0 Å². The number of anilines is 2. The second-order valence-corrected chi connectivity index (χ2v) is 8.45. The lowest BCUT2D eigenvalue weighted by atomic mass is 9.78. The molecule has 2 atom stereocenters. The average Bonchev–Trinajstić information content (AvgIpc) is 3.01. The molecule has 0 saturated carbocycles. The molecule has 0 saturated heterocycles. The molecule has 0 fully saturated rings. The predicted octanol–water partition coefficient (Wildman–Crippen LogP) is 6.07. The van der Waals surface area contributed by atoms with Gasteiger partial charge in [0.2, 0.25) is 0 Å². The number of carbonyl (C=O) groups is 1. The van der Waals surface area contributed by atoms with Crippen molar-refractivity contribution in [2.24, 2.45) is 0 Å². The Balaban J connectivity index is 1.57. The molecule has 5 nitrogen and oxygen atoms in total. The molecule has 0 unspecified atom stereocenters. The van der Waals surface area contributed by atoms with Gasteiger partial charge in [-0.1, -0.05) is 36.4 Å². The Morgan fingerprint density at radius 1 is 0.879 bits per heavy atom. The molecule has 0 bridgehead atoms. The Bertz CT molecular complexity index is 1200. The fourth-order valence-corrected chi connectivity index (χ4v) is 4.80. The van der Waals surface area contributed by atoms with E-state index in [1.807, 2.05) is 61.5 Å². The lowest BCUT2D eigenvalue weighted by Crippen LogP contribution is -2.26. The van der Waals surface area contributed by atoms with E-state index in [9.17, 15) is 4.79 Å². The third kappa shape index (κ3) is 4.19. The zero-order valence-corrected chi connectivity index (χ0v) is 18.9. The first-order chi connectivity index (χ1) is 16.2. The average molecular weight is 441 g/mol. The fraction of sp³-hybridized carbons (Fsp3) is 0.250. The van der Waals surface area contributed by atoms with Gasteiger partial charge in [0.25, 0.3) is 0 Å². The molecule has 2 N–H and O–H groups in total. The number of rotatable bonds is 5. The molecule has 1 aliphatic heterocycles. The van der Waals surface area contributed by atoms with Crippen molar-refractivity contribution in [3.05, 3.63) is 95.2 Å². The maximum atomic E-state index is 13.6. The largest absolute Gasteiger partial charge is 0.497 e. The smallest absolute Gasteiger partial charge is 0.163 e. The summed E-state index contributed by atoms with van der Waals surface area (Å²) in [4.78, 5) is 13.6. The van der Waals surface area contributed by atoms with Gasteiger partial charge in [-0.3, -0.25) is 4.79 Å². The Kier molecular flexibility index (Phi) is 5.78. The van der Waals surface area contributed by atoms with Gasteiger partial charge in [0, 0.05) is 17.7 Å². The summed E-state index contributed by atoms with van der Waals surface area (Å²) in [5.74, 6) is 1.91. The summed E-state index contributed by atoms with van der Waals surface area (Å²) in [7, 11) is 1.66. The van der Waals surface area contributed by atoms with Crippen LogP contribution in [0.5, 0.6) is 11.5 Å². The number of ketones is 1. The number of fused-ring (bicyclic) bond motifs is 1. The number of benzene rings is 3. The summed E-state index contributed by atoms with van der Waals surface area (Å²) in [6.45, 7) is 2.57. The van der Waals surface area contributed by atoms with Crippen LogP contribution in [0.15, 0.2) is 84.1 Å². The van der Waals surface area contributed by atoms with Gasteiger partial charge in [-0.05, 0) is 66.8 Å². The molecule has 0 aromatic heterocycles. The van der Waals surface area contributed by atoms with E-state index in [1.54, 1.807) is 7.11 Å². The number of Topliss-reactive ketones (excluding diaryl/α,β-unsaturated/α-hetero) is 1. The van der Waals surface area contributed by atoms with Crippen LogP contribution < -0.4 is 20.1 Å². The van der Waals surface area contributed by atoms with E-state index in [1.165, 1.54) is 0 Å². The quantitative estimate of drug-likeness (QED) is 0.504. The highest BCUT2D eigenvalue weighted by Crippen LogP contribution is 2.44. The number of allylic oxidation sites excluding steroid dienone is 1. The number of nitrogens with one attached hydrogen (secondary N) is 2. The van der Waals surface area contributed by atoms with Gasteiger partial charge < -0.3 is 20.1 Å². The summed E-state index contributed by atoms with van der Waals surface area (Å²) in [6, 6.07) is 23.9. The summed E-state index contributed by atoms with van der Waals surface area (Å²) in [5.41, 5.74) is 5.92. The van der Waals surface area contributed by atoms with Gasteiger partial charge in [0.05, 0.1) is 31.1 Å². The van der Waals surface area contributed by atoms with Crippen LogP contribution in [0.25, 0.3) is 0 Å². The molecule has 3 aromatic carbocycles. The first-order valence-electron chi connectivity index (χ1n) is 11.4. The van der Waals surface area contributed by atoms with Crippen molar-refractivity contribution in [2.45, 2.75) is 31.7 Å². The normalized spacial score (nSPS) is 19.5. The number of para-hydroxylation sites is 2. The van der Waals surface area contributed by atoms with Crippen molar-refractivity contribution < 1.29 is 14.3 Å².